The molecule has 7 heteroatoms. The van der Waals surface area contributed by atoms with E-state index >= 15 is 0 Å². The Bertz CT molecular complexity index is 521. The van der Waals surface area contributed by atoms with E-state index in [4.69, 9.17) is 0 Å². The van der Waals surface area contributed by atoms with Gasteiger partial charge in [-0.25, -0.2) is 13.1 Å². The monoisotopic (exact) mass is 265 g/mol. The number of sulfonamides is 1. The van der Waals surface area contributed by atoms with Gasteiger partial charge in [-0.15, -0.1) is 0 Å². The Morgan fingerprint density at radius 1 is 1.24 bits per heavy atom. The van der Waals surface area contributed by atoms with Gasteiger partial charge in [-0.3, -0.25) is 0 Å². The molecule has 0 radical (unpaired) electrons. The highest BCUT2D eigenvalue weighted by Gasteiger charge is 2.33. The molecule has 0 atom stereocenters. The lowest BCUT2D eigenvalue weighted by Gasteiger charge is -2.09. The normalized spacial score (nSPS) is 17.1. The number of rotatable bonds is 3. The molecule has 0 spiro atoms. The zero-order valence-electron chi connectivity index (χ0n) is 8.66. The quantitative estimate of drug-likeness (QED) is 0.910. The average molecular weight is 265 g/mol. The molecule has 1 fully saturated rings. The van der Waals surface area contributed by atoms with Crippen molar-refractivity contribution in [1.82, 2.24) is 4.72 Å². The van der Waals surface area contributed by atoms with Crippen LogP contribution in [0.15, 0.2) is 29.2 Å². The lowest BCUT2D eigenvalue weighted by atomic mass is 10.2. The van der Waals surface area contributed by atoms with Crippen LogP contribution in [0.5, 0.6) is 0 Å². The molecule has 0 amide bonds. The topological polar surface area (TPSA) is 46.2 Å². The highest BCUT2D eigenvalue weighted by Crippen LogP contribution is 2.31. The Morgan fingerprint density at radius 3 is 2.41 bits per heavy atom. The molecular weight excluding hydrogens is 255 g/mol. The van der Waals surface area contributed by atoms with Gasteiger partial charge in [-0.05, 0) is 31.0 Å². The first-order valence-electron chi connectivity index (χ1n) is 4.99. The van der Waals surface area contributed by atoms with Crippen LogP contribution in [-0.2, 0) is 16.2 Å². The molecule has 0 aromatic heterocycles. The zero-order chi connectivity index (χ0) is 12.7. The van der Waals surface area contributed by atoms with E-state index in [1.165, 1.54) is 0 Å². The van der Waals surface area contributed by atoms with Gasteiger partial charge in [0.05, 0.1) is 10.5 Å². The molecule has 1 N–H and O–H groups in total. The molecule has 17 heavy (non-hydrogen) atoms. The molecule has 0 heterocycles. The third-order valence-corrected chi connectivity index (χ3v) is 3.89. The van der Waals surface area contributed by atoms with Crippen LogP contribution in [0, 0.1) is 0 Å². The van der Waals surface area contributed by atoms with Gasteiger partial charge in [0.25, 0.3) is 0 Å². The third-order valence-electron chi connectivity index (χ3n) is 2.37. The molecule has 2 rings (SSSR count). The van der Waals surface area contributed by atoms with Crippen LogP contribution in [0.3, 0.4) is 0 Å². The zero-order valence-corrected chi connectivity index (χ0v) is 9.48. The fourth-order valence-electron chi connectivity index (χ4n) is 1.33. The van der Waals surface area contributed by atoms with Crippen molar-refractivity contribution >= 4 is 10.0 Å². The first-order valence-corrected chi connectivity index (χ1v) is 6.47. The van der Waals surface area contributed by atoms with E-state index in [1.807, 2.05) is 0 Å². The standard InChI is InChI=1S/C10H10F3NO2S/c11-10(12,13)7-2-1-3-9(6-7)17(15,16)14-8-4-5-8/h1-3,6,8,14H,4-5H2. The molecule has 0 aliphatic heterocycles. The average Bonchev–Trinajstić information content (AvgIpc) is 3.00. The second-order valence-corrected chi connectivity index (χ2v) is 5.64. The molecule has 1 saturated carbocycles. The van der Waals surface area contributed by atoms with Crippen LogP contribution in [0.25, 0.3) is 0 Å². The molecule has 0 bridgehead atoms. The number of hydrogen-bond donors (Lipinski definition) is 1. The van der Waals surface area contributed by atoms with Gasteiger partial charge in [0, 0.05) is 6.04 Å². The summed E-state index contributed by atoms with van der Waals surface area (Å²) in [6.45, 7) is 0. The van der Waals surface area contributed by atoms with E-state index < -0.39 is 21.8 Å². The van der Waals surface area contributed by atoms with Crippen molar-refractivity contribution in [2.24, 2.45) is 0 Å². The predicted octanol–water partition coefficient (Wildman–Crippen LogP) is 2.15. The summed E-state index contributed by atoms with van der Waals surface area (Å²) >= 11 is 0. The maximum Gasteiger partial charge on any atom is 0.416 e. The number of halogens is 3. The van der Waals surface area contributed by atoms with Crippen molar-refractivity contribution in [1.29, 1.82) is 0 Å². The van der Waals surface area contributed by atoms with E-state index in [0.29, 0.717) is 6.07 Å². The van der Waals surface area contributed by atoms with E-state index in [2.05, 4.69) is 4.72 Å². The Morgan fingerprint density at radius 2 is 1.88 bits per heavy atom. The second-order valence-electron chi connectivity index (χ2n) is 3.92. The highest BCUT2D eigenvalue weighted by atomic mass is 32.2. The molecule has 1 aliphatic carbocycles. The Kier molecular flexibility index (Phi) is 2.90. The third kappa shape index (κ3) is 2.98. The lowest BCUT2D eigenvalue weighted by Crippen LogP contribution is -2.26. The molecule has 1 aromatic carbocycles. The molecule has 0 unspecified atom stereocenters. The van der Waals surface area contributed by atoms with Crippen molar-refractivity contribution in [3.8, 4) is 0 Å². The van der Waals surface area contributed by atoms with Crippen molar-refractivity contribution < 1.29 is 21.6 Å². The van der Waals surface area contributed by atoms with Crippen molar-refractivity contribution in [3.05, 3.63) is 29.8 Å². The molecule has 3 nitrogen and oxygen atoms in total. The molecule has 1 aliphatic rings. The summed E-state index contributed by atoms with van der Waals surface area (Å²) in [7, 11) is -3.83. The molecular formula is C10H10F3NO2S. The van der Waals surface area contributed by atoms with Crippen LogP contribution < -0.4 is 4.72 Å². The number of benzene rings is 1. The summed E-state index contributed by atoms with van der Waals surface area (Å²) in [5.74, 6) is 0. The van der Waals surface area contributed by atoms with Crippen molar-refractivity contribution in [2.45, 2.75) is 30.0 Å². The first kappa shape index (κ1) is 12.4. The van der Waals surface area contributed by atoms with Gasteiger partial charge in [0.1, 0.15) is 0 Å². The fraction of sp³-hybridized carbons (Fsp3) is 0.400. The van der Waals surface area contributed by atoms with E-state index in [0.717, 1.165) is 31.0 Å². The molecule has 1 aromatic rings. The van der Waals surface area contributed by atoms with E-state index in [9.17, 15) is 21.6 Å². The maximum atomic E-state index is 12.4. The Labute approximate surface area is 96.7 Å². The molecule has 0 saturated heterocycles. The van der Waals surface area contributed by atoms with Gasteiger partial charge in [-0.1, -0.05) is 6.07 Å². The second kappa shape index (κ2) is 3.99. The van der Waals surface area contributed by atoms with Gasteiger partial charge < -0.3 is 0 Å². The lowest BCUT2D eigenvalue weighted by molar-refractivity contribution is -0.137. The van der Waals surface area contributed by atoms with Crippen molar-refractivity contribution in [3.63, 3.8) is 0 Å². The van der Waals surface area contributed by atoms with Crippen LogP contribution in [0.4, 0.5) is 13.2 Å². The Balaban J connectivity index is 2.32. The van der Waals surface area contributed by atoms with Crippen LogP contribution in [0.1, 0.15) is 18.4 Å². The first-order chi connectivity index (χ1) is 7.79. The number of alkyl halides is 3. The van der Waals surface area contributed by atoms with Gasteiger partial charge in [0.15, 0.2) is 0 Å². The van der Waals surface area contributed by atoms with E-state index in [1.54, 1.807) is 0 Å². The summed E-state index contributed by atoms with van der Waals surface area (Å²) in [4.78, 5) is -0.348. The summed E-state index contributed by atoms with van der Waals surface area (Å²) in [5, 5.41) is 0. The van der Waals surface area contributed by atoms with Gasteiger partial charge in [0.2, 0.25) is 10.0 Å². The van der Waals surface area contributed by atoms with E-state index in [-0.39, 0.29) is 10.9 Å². The summed E-state index contributed by atoms with van der Waals surface area (Å²) in [6.07, 6.45) is -3.07. The van der Waals surface area contributed by atoms with Crippen molar-refractivity contribution in [2.75, 3.05) is 0 Å². The number of hydrogen-bond acceptors (Lipinski definition) is 2. The maximum absolute atomic E-state index is 12.4. The minimum absolute atomic E-state index is 0.130. The summed E-state index contributed by atoms with van der Waals surface area (Å²) in [6, 6.07) is 3.60. The summed E-state index contributed by atoms with van der Waals surface area (Å²) in [5.41, 5.74) is -0.962. The number of nitrogens with one attached hydrogen (secondary N) is 1. The minimum atomic E-state index is -4.54. The molecule has 94 valence electrons. The van der Waals surface area contributed by atoms with Crippen LogP contribution in [0.2, 0.25) is 0 Å². The predicted molar refractivity (Wildman–Crippen MR) is 54.8 cm³/mol. The largest absolute Gasteiger partial charge is 0.416 e. The van der Waals surface area contributed by atoms with Gasteiger partial charge in [-0.2, -0.15) is 13.2 Å². The summed E-state index contributed by atoms with van der Waals surface area (Å²) < 4.78 is 62.9. The van der Waals surface area contributed by atoms with Crippen LogP contribution in [-0.4, -0.2) is 14.5 Å². The highest BCUT2D eigenvalue weighted by molar-refractivity contribution is 7.89. The van der Waals surface area contributed by atoms with Crippen LogP contribution >= 0.6 is 0 Å². The van der Waals surface area contributed by atoms with Gasteiger partial charge >= 0.3 is 6.18 Å². The fourth-order valence-corrected chi connectivity index (χ4v) is 2.68. The smallest absolute Gasteiger partial charge is 0.208 e. The Hall–Kier alpha value is -1.08. The minimum Gasteiger partial charge on any atom is -0.208 e. The SMILES string of the molecule is O=S(=O)(NC1CC1)c1cccc(C(F)(F)F)c1.